The number of hydrogen-bond donors (Lipinski definition) is 0. The molecule has 0 aromatic rings. The summed E-state index contributed by atoms with van der Waals surface area (Å²) in [5.74, 6) is 3.65. The van der Waals surface area contributed by atoms with Gasteiger partial charge >= 0.3 is 0 Å². The Morgan fingerprint density at radius 1 is 0.895 bits per heavy atom. The van der Waals surface area contributed by atoms with Crippen molar-refractivity contribution in [3.63, 3.8) is 0 Å². The maximum atomic E-state index is 5.07. The van der Waals surface area contributed by atoms with Crippen LogP contribution in [0.4, 0.5) is 0 Å². The number of methoxy groups -OCH3 is 1. The maximum absolute atomic E-state index is 5.07. The Bertz CT molecular complexity index is 278. The molecule has 108 valence electrons. The van der Waals surface area contributed by atoms with Gasteiger partial charge in [0.25, 0.3) is 0 Å². The minimum atomic E-state index is 0.769. The predicted octanol–water partition coefficient (Wildman–Crippen LogP) is 4.99. The fraction of sp³-hybridized carbons (Fsp3) is 0.778. The molecule has 1 heteroatoms. The van der Waals surface area contributed by atoms with Gasteiger partial charge in [-0.3, -0.25) is 0 Å². The molecule has 0 aromatic heterocycles. The second kappa shape index (κ2) is 7.89. The van der Waals surface area contributed by atoms with Gasteiger partial charge in [-0.15, -0.1) is 6.58 Å². The van der Waals surface area contributed by atoms with Crippen molar-refractivity contribution in [3.8, 4) is 0 Å². The van der Waals surface area contributed by atoms with Gasteiger partial charge < -0.3 is 4.74 Å². The highest BCUT2D eigenvalue weighted by atomic mass is 16.5. The molecule has 0 aliphatic heterocycles. The molecule has 0 amide bonds. The lowest BCUT2D eigenvalue weighted by Gasteiger charge is -2.36. The Labute approximate surface area is 119 Å². The summed E-state index contributed by atoms with van der Waals surface area (Å²) in [6, 6.07) is 0. The zero-order valence-corrected chi connectivity index (χ0v) is 12.5. The van der Waals surface area contributed by atoms with Crippen molar-refractivity contribution in [2.24, 2.45) is 23.7 Å². The molecule has 0 unspecified atom stereocenters. The van der Waals surface area contributed by atoms with E-state index in [9.17, 15) is 0 Å². The van der Waals surface area contributed by atoms with Gasteiger partial charge in [0.05, 0.1) is 6.61 Å². The van der Waals surface area contributed by atoms with Crippen molar-refractivity contribution in [1.29, 1.82) is 0 Å². The van der Waals surface area contributed by atoms with Crippen LogP contribution < -0.4 is 0 Å². The van der Waals surface area contributed by atoms with Crippen LogP contribution in [0.1, 0.15) is 51.4 Å². The molecule has 0 atom stereocenters. The first-order valence-corrected chi connectivity index (χ1v) is 8.11. The topological polar surface area (TPSA) is 9.23 Å². The highest BCUT2D eigenvalue weighted by Crippen LogP contribution is 2.41. The number of rotatable bonds is 5. The Balaban J connectivity index is 1.70. The molecule has 2 aliphatic rings. The van der Waals surface area contributed by atoms with Gasteiger partial charge in [-0.1, -0.05) is 18.2 Å². The summed E-state index contributed by atoms with van der Waals surface area (Å²) >= 11 is 0. The minimum Gasteiger partial charge on any atom is -0.381 e. The number of allylic oxidation sites excluding steroid dienone is 2. The molecule has 0 heterocycles. The molecule has 2 rings (SSSR count). The molecular formula is C18H30O. The average molecular weight is 262 g/mol. The molecule has 19 heavy (non-hydrogen) atoms. The van der Waals surface area contributed by atoms with E-state index < -0.39 is 0 Å². The van der Waals surface area contributed by atoms with Crippen molar-refractivity contribution >= 4 is 0 Å². The summed E-state index contributed by atoms with van der Waals surface area (Å²) in [6.07, 6.45) is 18.1. The highest BCUT2D eigenvalue weighted by Gasteiger charge is 2.29. The SMILES string of the molecule is C=CC1CCC(C2CCC(C=CCOC)CC2)CC1. The summed E-state index contributed by atoms with van der Waals surface area (Å²) in [4.78, 5) is 0. The van der Waals surface area contributed by atoms with E-state index in [4.69, 9.17) is 4.74 Å². The summed E-state index contributed by atoms with van der Waals surface area (Å²) in [5.41, 5.74) is 0. The summed E-state index contributed by atoms with van der Waals surface area (Å²) in [7, 11) is 1.76. The normalized spacial score (nSPS) is 36.5. The van der Waals surface area contributed by atoms with E-state index in [1.165, 1.54) is 51.4 Å². The molecule has 2 fully saturated rings. The van der Waals surface area contributed by atoms with Gasteiger partial charge in [0, 0.05) is 7.11 Å². The third-order valence-electron chi connectivity index (χ3n) is 5.30. The van der Waals surface area contributed by atoms with Crippen molar-refractivity contribution in [2.45, 2.75) is 51.4 Å². The molecule has 0 N–H and O–H groups in total. The van der Waals surface area contributed by atoms with Crippen LogP contribution in [0.5, 0.6) is 0 Å². The molecule has 1 nitrogen and oxygen atoms in total. The molecule has 2 aliphatic carbocycles. The quantitative estimate of drug-likeness (QED) is 0.634. The van der Waals surface area contributed by atoms with E-state index in [1.54, 1.807) is 7.11 Å². The molecule has 0 bridgehead atoms. The summed E-state index contributed by atoms with van der Waals surface area (Å²) in [6.45, 7) is 4.72. The Kier molecular flexibility index (Phi) is 6.16. The lowest BCUT2D eigenvalue weighted by molar-refractivity contribution is 0.166. The lowest BCUT2D eigenvalue weighted by Crippen LogP contribution is -2.25. The minimum absolute atomic E-state index is 0.769. The van der Waals surface area contributed by atoms with Crippen LogP contribution in [0.3, 0.4) is 0 Å². The van der Waals surface area contributed by atoms with Crippen LogP contribution in [-0.4, -0.2) is 13.7 Å². The maximum Gasteiger partial charge on any atom is 0.0643 e. The smallest absolute Gasteiger partial charge is 0.0643 e. The monoisotopic (exact) mass is 262 g/mol. The predicted molar refractivity (Wildman–Crippen MR) is 82.1 cm³/mol. The molecule has 0 spiro atoms. The lowest BCUT2D eigenvalue weighted by atomic mass is 9.69. The zero-order valence-electron chi connectivity index (χ0n) is 12.5. The van der Waals surface area contributed by atoms with E-state index in [1.807, 2.05) is 0 Å². The Morgan fingerprint density at radius 3 is 1.89 bits per heavy atom. The van der Waals surface area contributed by atoms with Gasteiger partial charge in [0.2, 0.25) is 0 Å². The molecule has 0 radical (unpaired) electrons. The molecule has 0 saturated heterocycles. The van der Waals surface area contributed by atoms with E-state index in [0.29, 0.717) is 0 Å². The second-order valence-electron chi connectivity index (χ2n) is 6.47. The largest absolute Gasteiger partial charge is 0.381 e. The van der Waals surface area contributed by atoms with E-state index >= 15 is 0 Å². The van der Waals surface area contributed by atoms with Crippen molar-refractivity contribution in [3.05, 3.63) is 24.8 Å². The van der Waals surface area contributed by atoms with Gasteiger partial charge in [-0.2, -0.15) is 0 Å². The van der Waals surface area contributed by atoms with Crippen LogP contribution in [0.15, 0.2) is 24.8 Å². The zero-order chi connectivity index (χ0) is 13.5. The van der Waals surface area contributed by atoms with Gasteiger partial charge in [-0.05, 0) is 75.0 Å². The van der Waals surface area contributed by atoms with Crippen LogP contribution >= 0.6 is 0 Å². The van der Waals surface area contributed by atoms with Gasteiger partial charge in [-0.25, -0.2) is 0 Å². The second-order valence-corrected chi connectivity index (χ2v) is 6.47. The first kappa shape index (κ1) is 14.8. The first-order valence-electron chi connectivity index (χ1n) is 8.11. The summed E-state index contributed by atoms with van der Waals surface area (Å²) in [5, 5.41) is 0. The van der Waals surface area contributed by atoms with E-state index in [-0.39, 0.29) is 0 Å². The van der Waals surface area contributed by atoms with E-state index in [0.717, 1.165) is 30.3 Å². The first-order chi connectivity index (χ1) is 9.33. The van der Waals surface area contributed by atoms with Crippen LogP contribution in [0.2, 0.25) is 0 Å². The third-order valence-corrected chi connectivity index (χ3v) is 5.30. The third kappa shape index (κ3) is 4.49. The standard InChI is InChI=1S/C18H30O/c1-3-15-6-10-17(11-7-15)18-12-8-16(9-13-18)5-4-14-19-2/h3-5,15-18H,1,6-14H2,2H3. The number of hydrogen-bond acceptors (Lipinski definition) is 1. The Morgan fingerprint density at radius 2 is 1.42 bits per heavy atom. The van der Waals surface area contributed by atoms with Gasteiger partial charge in [0.1, 0.15) is 0 Å². The van der Waals surface area contributed by atoms with Crippen LogP contribution in [-0.2, 0) is 4.74 Å². The van der Waals surface area contributed by atoms with Crippen molar-refractivity contribution in [1.82, 2.24) is 0 Å². The van der Waals surface area contributed by atoms with Crippen molar-refractivity contribution in [2.75, 3.05) is 13.7 Å². The Hall–Kier alpha value is -0.560. The van der Waals surface area contributed by atoms with Gasteiger partial charge in [0.15, 0.2) is 0 Å². The molecular weight excluding hydrogens is 232 g/mol. The fourth-order valence-electron chi connectivity index (χ4n) is 4.01. The molecule has 2 saturated carbocycles. The average Bonchev–Trinajstić information content (AvgIpc) is 2.48. The molecule has 0 aromatic carbocycles. The fourth-order valence-corrected chi connectivity index (χ4v) is 4.01. The van der Waals surface area contributed by atoms with Crippen LogP contribution in [0, 0.1) is 23.7 Å². The number of ether oxygens (including phenoxy) is 1. The van der Waals surface area contributed by atoms with E-state index in [2.05, 4.69) is 24.8 Å². The van der Waals surface area contributed by atoms with Crippen LogP contribution in [0.25, 0.3) is 0 Å². The highest BCUT2D eigenvalue weighted by molar-refractivity contribution is 4.93. The van der Waals surface area contributed by atoms with Crippen molar-refractivity contribution < 1.29 is 4.74 Å². The summed E-state index contributed by atoms with van der Waals surface area (Å²) < 4.78 is 5.07.